The molecule has 0 spiro atoms. The zero-order chi connectivity index (χ0) is 20.2. The molecule has 4 aromatic rings. The fraction of sp³-hybridized carbons (Fsp3) is 0.208. The van der Waals surface area contributed by atoms with Crippen LogP contribution in [0.3, 0.4) is 0 Å². The molecule has 0 aliphatic carbocycles. The van der Waals surface area contributed by atoms with Gasteiger partial charge in [0.05, 0.1) is 6.04 Å². The molecule has 0 radical (unpaired) electrons. The first-order valence-corrected chi connectivity index (χ1v) is 9.76. The first-order chi connectivity index (χ1) is 14.1. The SMILES string of the molecule is Cc1ccc(-c2nnc(CCC(=O)NC(C)c3cccc4ccccc34)o2)cc1. The summed E-state index contributed by atoms with van der Waals surface area (Å²) in [6, 6.07) is 22.2. The van der Waals surface area contributed by atoms with E-state index in [0.717, 1.165) is 16.5 Å². The molecule has 0 aliphatic heterocycles. The molecule has 5 heteroatoms. The zero-order valence-corrected chi connectivity index (χ0v) is 16.6. The highest BCUT2D eigenvalue weighted by molar-refractivity contribution is 5.86. The van der Waals surface area contributed by atoms with Crippen LogP contribution in [0.4, 0.5) is 0 Å². The Bertz CT molecular complexity index is 1130. The monoisotopic (exact) mass is 385 g/mol. The summed E-state index contributed by atoms with van der Waals surface area (Å²) >= 11 is 0. The van der Waals surface area contributed by atoms with Crippen molar-refractivity contribution in [2.24, 2.45) is 0 Å². The summed E-state index contributed by atoms with van der Waals surface area (Å²) in [4.78, 5) is 12.4. The van der Waals surface area contributed by atoms with Gasteiger partial charge in [0.25, 0.3) is 0 Å². The number of amides is 1. The first-order valence-electron chi connectivity index (χ1n) is 9.76. The number of rotatable bonds is 6. The van der Waals surface area contributed by atoms with Crippen molar-refractivity contribution in [2.75, 3.05) is 0 Å². The second-order valence-electron chi connectivity index (χ2n) is 7.22. The normalized spacial score (nSPS) is 12.1. The van der Waals surface area contributed by atoms with Crippen molar-refractivity contribution >= 4 is 16.7 Å². The Morgan fingerprint density at radius 1 is 1.00 bits per heavy atom. The van der Waals surface area contributed by atoms with Crippen LogP contribution in [-0.2, 0) is 11.2 Å². The average molecular weight is 385 g/mol. The van der Waals surface area contributed by atoms with Crippen molar-refractivity contribution < 1.29 is 9.21 Å². The molecule has 4 rings (SSSR count). The van der Waals surface area contributed by atoms with Crippen LogP contribution in [0.15, 0.2) is 71.1 Å². The van der Waals surface area contributed by atoms with Crippen LogP contribution in [0.25, 0.3) is 22.2 Å². The summed E-state index contributed by atoms with van der Waals surface area (Å²) in [5, 5.41) is 13.6. The van der Waals surface area contributed by atoms with Crippen molar-refractivity contribution in [1.29, 1.82) is 0 Å². The third-order valence-corrected chi connectivity index (χ3v) is 5.00. The second-order valence-corrected chi connectivity index (χ2v) is 7.22. The molecular formula is C24H23N3O2. The summed E-state index contributed by atoms with van der Waals surface area (Å²) in [7, 11) is 0. The number of benzene rings is 3. The Hall–Kier alpha value is -3.47. The summed E-state index contributed by atoms with van der Waals surface area (Å²) in [6.45, 7) is 4.03. The van der Waals surface area contributed by atoms with E-state index in [0.29, 0.717) is 24.6 Å². The molecule has 0 aliphatic rings. The molecule has 0 fully saturated rings. The van der Waals surface area contributed by atoms with Crippen LogP contribution >= 0.6 is 0 Å². The van der Waals surface area contributed by atoms with E-state index < -0.39 is 0 Å². The van der Waals surface area contributed by atoms with Crippen molar-refractivity contribution in [3.8, 4) is 11.5 Å². The van der Waals surface area contributed by atoms with Crippen LogP contribution in [0.2, 0.25) is 0 Å². The highest BCUT2D eigenvalue weighted by Gasteiger charge is 2.14. The fourth-order valence-electron chi connectivity index (χ4n) is 3.41. The van der Waals surface area contributed by atoms with Crippen molar-refractivity contribution in [1.82, 2.24) is 15.5 Å². The molecule has 1 amide bonds. The van der Waals surface area contributed by atoms with Crippen LogP contribution in [-0.4, -0.2) is 16.1 Å². The van der Waals surface area contributed by atoms with Gasteiger partial charge in [-0.15, -0.1) is 10.2 Å². The predicted molar refractivity (Wildman–Crippen MR) is 113 cm³/mol. The zero-order valence-electron chi connectivity index (χ0n) is 16.6. The number of hydrogen-bond donors (Lipinski definition) is 1. The fourth-order valence-corrected chi connectivity index (χ4v) is 3.41. The minimum Gasteiger partial charge on any atom is -0.421 e. The van der Waals surface area contributed by atoms with Gasteiger partial charge in [0.15, 0.2) is 0 Å². The lowest BCUT2D eigenvalue weighted by molar-refractivity contribution is -0.121. The molecule has 146 valence electrons. The number of nitrogens with zero attached hydrogens (tertiary/aromatic N) is 2. The number of aromatic nitrogens is 2. The van der Waals surface area contributed by atoms with Gasteiger partial charge >= 0.3 is 0 Å². The second kappa shape index (κ2) is 8.27. The van der Waals surface area contributed by atoms with Gasteiger partial charge in [-0.05, 0) is 42.3 Å². The molecule has 1 atom stereocenters. The number of carbonyl (C=O) groups excluding carboxylic acids is 1. The third-order valence-electron chi connectivity index (χ3n) is 5.00. The quantitative estimate of drug-likeness (QED) is 0.507. The average Bonchev–Trinajstić information content (AvgIpc) is 3.21. The van der Waals surface area contributed by atoms with Crippen molar-refractivity contribution in [2.45, 2.75) is 32.7 Å². The number of nitrogens with one attached hydrogen (secondary N) is 1. The van der Waals surface area contributed by atoms with Crippen LogP contribution in [0, 0.1) is 6.92 Å². The maximum atomic E-state index is 12.4. The maximum Gasteiger partial charge on any atom is 0.247 e. The molecule has 1 unspecified atom stereocenters. The Kier molecular flexibility index (Phi) is 5.38. The molecular weight excluding hydrogens is 362 g/mol. The molecule has 0 bridgehead atoms. The van der Waals surface area contributed by atoms with E-state index >= 15 is 0 Å². The number of fused-ring (bicyclic) bond motifs is 1. The van der Waals surface area contributed by atoms with Gasteiger partial charge in [0.2, 0.25) is 17.7 Å². The van der Waals surface area contributed by atoms with Gasteiger partial charge < -0.3 is 9.73 Å². The van der Waals surface area contributed by atoms with Crippen LogP contribution in [0.5, 0.6) is 0 Å². The van der Waals surface area contributed by atoms with Gasteiger partial charge in [0, 0.05) is 18.4 Å². The van der Waals surface area contributed by atoms with Gasteiger partial charge in [0.1, 0.15) is 0 Å². The highest BCUT2D eigenvalue weighted by atomic mass is 16.4. The largest absolute Gasteiger partial charge is 0.421 e. The molecule has 1 aromatic heterocycles. The van der Waals surface area contributed by atoms with Gasteiger partial charge in [-0.3, -0.25) is 4.79 Å². The smallest absolute Gasteiger partial charge is 0.247 e. The van der Waals surface area contributed by atoms with Crippen molar-refractivity contribution in [3.63, 3.8) is 0 Å². The predicted octanol–water partition coefficient (Wildman–Crippen LogP) is 5.01. The first kappa shape index (κ1) is 18.9. The van der Waals surface area contributed by atoms with E-state index in [1.807, 2.05) is 56.3 Å². The summed E-state index contributed by atoms with van der Waals surface area (Å²) in [5.41, 5.74) is 3.16. The Morgan fingerprint density at radius 3 is 2.59 bits per heavy atom. The Balaban J connectivity index is 1.37. The summed E-state index contributed by atoms with van der Waals surface area (Å²) in [5.74, 6) is 0.901. The minimum atomic E-state index is -0.0839. The van der Waals surface area contributed by atoms with Crippen LogP contribution < -0.4 is 5.32 Å². The number of aryl methyl sites for hydroxylation is 2. The van der Waals surface area contributed by atoms with Crippen LogP contribution in [0.1, 0.15) is 36.4 Å². The maximum absolute atomic E-state index is 12.4. The Labute approximate surface area is 169 Å². The minimum absolute atomic E-state index is 0.0412. The van der Waals surface area contributed by atoms with E-state index in [2.05, 4.69) is 39.8 Å². The molecule has 0 saturated carbocycles. The lowest BCUT2D eigenvalue weighted by Gasteiger charge is -2.16. The molecule has 5 nitrogen and oxygen atoms in total. The van der Waals surface area contributed by atoms with E-state index in [1.54, 1.807) is 0 Å². The third kappa shape index (κ3) is 4.35. The van der Waals surface area contributed by atoms with E-state index in [9.17, 15) is 4.79 Å². The topological polar surface area (TPSA) is 68.0 Å². The van der Waals surface area contributed by atoms with Gasteiger partial charge in [-0.25, -0.2) is 0 Å². The number of carbonyl (C=O) groups is 1. The number of hydrogen-bond acceptors (Lipinski definition) is 4. The Morgan fingerprint density at radius 2 is 1.76 bits per heavy atom. The molecule has 29 heavy (non-hydrogen) atoms. The van der Waals surface area contributed by atoms with E-state index in [1.165, 1.54) is 10.9 Å². The van der Waals surface area contributed by atoms with Gasteiger partial charge in [-0.1, -0.05) is 60.2 Å². The summed E-state index contributed by atoms with van der Waals surface area (Å²) in [6.07, 6.45) is 0.706. The van der Waals surface area contributed by atoms with Crippen molar-refractivity contribution in [3.05, 3.63) is 83.7 Å². The lowest BCUT2D eigenvalue weighted by atomic mass is 9.99. The molecule has 0 saturated heterocycles. The standard InChI is InChI=1S/C24H23N3O2/c1-16-10-12-19(13-11-16)24-27-26-23(29-24)15-14-22(28)25-17(2)20-9-5-7-18-6-3-4-8-21(18)20/h3-13,17H,14-15H2,1-2H3,(H,25,28). The van der Waals surface area contributed by atoms with E-state index in [-0.39, 0.29) is 11.9 Å². The summed E-state index contributed by atoms with van der Waals surface area (Å²) < 4.78 is 5.71. The molecule has 3 aromatic carbocycles. The lowest BCUT2D eigenvalue weighted by Crippen LogP contribution is -2.27. The van der Waals surface area contributed by atoms with Gasteiger partial charge in [-0.2, -0.15) is 0 Å². The molecule has 1 N–H and O–H groups in total. The molecule has 1 heterocycles. The van der Waals surface area contributed by atoms with E-state index in [4.69, 9.17) is 4.42 Å². The highest BCUT2D eigenvalue weighted by Crippen LogP contribution is 2.24.